The van der Waals surface area contributed by atoms with Gasteiger partial charge in [-0.15, -0.1) is 11.8 Å². The molecule has 0 heterocycles. The maximum Gasteiger partial charge on any atom is 0.119 e. The molecule has 0 aromatic heterocycles. The highest BCUT2D eigenvalue weighted by Gasteiger charge is 2.00. The smallest absolute Gasteiger partial charge is 0.119 e. The molecule has 2 aromatic rings. The second-order valence-corrected chi connectivity index (χ2v) is 6.51. The van der Waals surface area contributed by atoms with Crippen LogP contribution in [0.4, 0.5) is 5.69 Å². The summed E-state index contributed by atoms with van der Waals surface area (Å²) >= 11 is 1.88. The fourth-order valence-corrected chi connectivity index (χ4v) is 2.78. The van der Waals surface area contributed by atoms with E-state index >= 15 is 0 Å². The van der Waals surface area contributed by atoms with E-state index in [0.717, 1.165) is 30.2 Å². The largest absolute Gasteiger partial charge is 0.494 e. The summed E-state index contributed by atoms with van der Waals surface area (Å²) in [7, 11) is 0. The third kappa shape index (κ3) is 5.35. The molecule has 0 atom stereocenters. The van der Waals surface area contributed by atoms with E-state index in [9.17, 15) is 0 Å². The molecular formula is C18H23NOS. The highest BCUT2D eigenvalue weighted by molar-refractivity contribution is 7.99. The number of thioether (sulfide) groups is 1. The van der Waals surface area contributed by atoms with Crippen LogP contribution in [-0.4, -0.2) is 12.4 Å². The maximum atomic E-state index is 5.68. The number of anilines is 1. The van der Waals surface area contributed by atoms with Crippen molar-refractivity contribution in [3.8, 4) is 5.75 Å². The molecule has 2 rings (SSSR count). The third-order valence-corrected chi connectivity index (χ3v) is 4.35. The fraction of sp³-hybridized carbons (Fsp3) is 0.333. The molecule has 0 amide bonds. The number of rotatable bonds is 7. The van der Waals surface area contributed by atoms with Crippen molar-refractivity contribution in [2.75, 3.05) is 18.1 Å². The molecule has 21 heavy (non-hydrogen) atoms. The second kappa shape index (κ2) is 7.99. The van der Waals surface area contributed by atoms with Crippen molar-refractivity contribution < 1.29 is 4.74 Å². The van der Waals surface area contributed by atoms with Crippen LogP contribution in [0.15, 0.2) is 53.4 Å². The van der Waals surface area contributed by atoms with Gasteiger partial charge in [-0.2, -0.15) is 0 Å². The Kier molecular flexibility index (Phi) is 6.00. The Bertz CT molecular complexity index is 534. The van der Waals surface area contributed by atoms with Crippen molar-refractivity contribution in [3.05, 3.63) is 54.1 Å². The van der Waals surface area contributed by atoms with E-state index < -0.39 is 0 Å². The SMILES string of the molecule is CC(C)c1ccc(SCCCOc2ccc(N)cc2)cc1. The van der Waals surface area contributed by atoms with E-state index in [1.165, 1.54) is 10.5 Å². The second-order valence-electron chi connectivity index (χ2n) is 5.34. The summed E-state index contributed by atoms with van der Waals surface area (Å²) < 4.78 is 5.68. The van der Waals surface area contributed by atoms with E-state index in [1.54, 1.807) is 0 Å². The van der Waals surface area contributed by atoms with E-state index in [0.29, 0.717) is 5.92 Å². The van der Waals surface area contributed by atoms with Gasteiger partial charge in [-0.25, -0.2) is 0 Å². The van der Waals surface area contributed by atoms with Crippen molar-refractivity contribution in [1.29, 1.82) is 0 Å². The first-order valence-corrected chi connectivity index (χ1v) is 8.35. The van der Waals surface area contributed by atoms with Gasteiger partial charge in [-0.05, 0) is 54.3 Å². The summed E-state index contributed by atoms with van der Waals surface area (Å²) in [5.41, 5.74) is 7.80. The minimum Gasteiger partial charge on any atom is -0.494 e. The van der Waals surface area contributed by atoms with Crippen LogP contribution in [-0.2, 0) is 0 Å². The molecule has 0 radical (unpaired) electrons. The Labute approximate surface area is 131 Å². The molecule has 0 aliphatic carbocycles. The molecule has 0 bridgehead atoms. The normalized spacial score (nSPS) is 10.8. The lowest BCUT2D eigenvalue weighted by atomic mass is 10.0. The van der Waals surface area contributed by atoms with Gasteiger partial charge in [0.15, 0.2) is 0 Å². The number of hydrogen-bond donors (Lipinski definition) is 1. The Balaban J connectivity index is 1.66. The predicted molar refractivity (Wildman–Crippen MR) is 92.2 cm³/mol. The Morgan fingerprint density at radius 2 is 1.67 bits per heavy atom. The van der Waals surface area contributed by atoms with Crippen molar-refractivity contribution in [2.45, 2.75) is 31.1 Å². The standard InChI is InChI=1S/C18H23NOS/c1-14(2)15-4-10-18(11-5-15)21-13-3-12-20-17-8-6-16(19)7-9-17/h4-11,14H,3,12-13,19H2,1-2H3. The van der Waals surface area contributed by atoms with E-state index in [2.05, 4.69) is 38.1 Å². The van der Waals surface area contributed by atoms with Crippen LogP contribution in [0.1, 0.15) is 31.7 Å². The molecule has 0 saturated carbocycles. The van der Waals surface area contributed by atoms with Gasteiger partial charge in [-0.3, -0.25) is 0 Å². The van der Waals surface area contributed by atoms with Gasteiger partial charge in [0.2, 0.25) is 0 Å². The van der Waals surface area contributed by atoms with Crippen LogP contribution in [0.5, 0.6) is 5.75 Å². The lowest BCUT2D eigenvalue weighted by molar-refractivity contribution is 0.319. The van der Waals surface area contributed by atoms with Crippen molar-refractivity contribution in [3.63, 3.8) is 0 Å². The number of nitrogens with two attached hydrogens (primary N) is 1. The van der Waals surface area contributed by atoms with Crippen LogP contribution >= 0.6 is 11.8 Å². The topological polar surface area (TPSA) is 35.2 Å². The first-order chi connectivity index (χ1) is 10.1. The van der Waals surface area contributed by atoms with Crippen molar-refractivity contribution in [1.82, 2.24) is 0 Å². The van der Waals surface area contributed by atoms with Crippen LogP contribution < -0.4 is 10.5 Å². The molecule has 112 valence electrons. The van der Waals surface area contributed by atoms with E-state index in [-0.39, 0.29) is 0 Å². The Morgan fingerprint density at radius 1 is 1.00 bits per heavy atom. The Morgan fingerprint density at radius 3 is 2.29 bits per heavy atom. The lowest BCUT2D eigenvalue weighted by Crippen LogP contribution is -1.98. The molecule has 2 aromatic carbocycles. The number of nitrogen functional groups attached to an aromatic ring is 1. The summed E-state index contributed by atoms with van der Waals surface area (Å²) in [6.45, 7) is 5.17. The molecular weight excluding hydrogens is 278 g/mol. The van der Waals surface area contributed by atoms with E-state index in [4.69, 9.17) is 10.5 Å². The number of benzene rings is 2. The molecule has 2 nitrogen and oxygen atoms in total. The third-order valence-electron chi connectivity index (χ3n) is 3.25. The zero-order chi connectivity index (χ0) is 15.1. The highest BCUT2D eigenvalue weighted by atomic mass is 32.2. The molecule has 0 spiro atoms. The molecule has 0 saturated heterocycles. The molecule has 2 N–H and O–H groups in total. The lowest BCUT2D eigenvalue weighted by Gasteiger charge is -2.08. The minimum absolute atomic E-state index is 0.595. The van der Waals surface area contributed by atoms with E-state index in [1.807, 2.05) is 36.0 Å². The van der Waals surface area contributed by atoms with Crippen LogP contribution in [0.2, 0.25) is 0 Å². The molecule has 0 aliphatic heterocycles. The zero-order valence-electron chi connectivity index (χ0n) is 12.7. The van der Waals surface area contributed by atoms with Gasteiger partial charge in [0.05, 0.1) is 6.61 Å². The van der Waals surface area contributed by atoms with Crippen molar-refractivity contribution >= 4 is 17.4 Å². The van der Waals surface area contributed by atoms with Gasteiger partial charge < -0.3 is 10.5 Å². The quantitative estimate of drug-likeness (QED) is 0.446. The van der Waals surface area contributed by atoms with Gasteiger partial charge in [-0.1, -0.05) is 26.0 Å². The predicted octanol–water partition coefficient (Wildman–Crippen LogP) is 4.95. The summed E-state index contributed by atoms with van der Waals surface area (Å²) in [6.07, 6.45) is 1.03. The Hall–Kier alpha value is -1.61. The van der Waals surface area contributed by atoms with Crippen LogP contribution in [0.3, 0.4) is 0 Å². The van der Waals surface area contributed by atoms with Gasteiger partial charge in [0.25, 0.3) is 0 Å². The average molecular weight is 301 g/mol. The molecule has 3 heteroatoms. The molecule has 0 fully saturated rings. The monoisotopic (exact) mass is 301 g/mol. The zero-order valence-corrected chi connectivity index (χ0v) is 13.5. The summed E-state index contributed by atoms with van der Waals surface area (Å²) in [5.74, 6) is 2.54. The number of ether oxygens (including phenoxy) is 1. The molecule has 0 aliphatic rings. The first-order valence-electron chi connectivity index (χ1n) is 7.36. The van der Waals surface area contributed by atoms with Gasteiger partial charge in [0.1, 0.15) is 5.75 Å². The first kappa shape index (κ1) is 15.8. The molecule has 0 unspecified atom stereocenters. The summed E-state index contributed by atoms with van der Waals surface area (Å²) in [4.78, 5) is 1.33. The number of hydrogen-bond acceptors (Lipinski definition) is 3. The van der Waals surface area contributed by atoms with Crippen LogP contribution in [0.25, 0.3) is 0 Å². The fourth-order valence-electron chi connectivity index (χ4n) is 1.95. The van der Waals surface area contributed by atoms with Crippen LogP contribution in [0, 0.1) is 0 Å². The highest BCUT2D eigenvalue weighted by Crippen LogP contribution is 2.22. The summed E-state index contributed by atoms with van der Waals surface area (Å²) in [5, 5.41) is 0. The average Bonchev–Trinajstić information content (AvgIpc) is 2.49. The minimum atomic E-state index is 0.595. The van der Waals surface area contributed by atoms with Crippen molar-refractivity contribution in [2.24, 2.45) is 0 Å². The van der Waals surface area contributed by atoms with Gasteiger partial charge >= 0.3 is 0 Å². The van der Waals surface area contributed by atoms with Gasteiger partial charge in [0, 0.05) is 16.3 Å². The summed E-state index contributed by atoms with van der Waals surface area (Å²) in [6, 6.07) is 16.4. The maximum absolute atomic E-state index is 5.68.